The lowest BCUT2D eigenvalue weighted by molar-refractivity contribution is -0.113. The fourth-order valence-electron chi connectivity index (χ4n) is 3.18. The van der Waals surface area contributed by atoms with Gasteiger partial charge in [-0.05, 0) is 54.6 Å². The minimum absolute atomic E-state index is 0.0706. The van der Waals surface area contributed by atoms with Gasteiger partial charge < -0.3 is 5.32 Å². The van der Waals surface area contributed by atoms with Crippen LogP contribution in [0.25, 0.3) is 10.9 Å². The summed E-state index contributed by atoms with van der Waals surface area (Å²) in [6.45, 7) is 2.51. The number of thiophene rings is 1. The molecule has 0 fully saturated rings. The van der Waals surface area contributed by atoms with E-state index in [1.807, 2.05) is 60.8 Å². The first kappa shape index (κ1) is 20.4. The van der Waals surface area contributed by atoms with Crippen LogP contribution in [0.4, 0.5) is 5.69 Å². The van der Waals surface area contributed by atoms with Gasteiger partial charge in [-0.15, -0.1) is 11.3 Å². The number of nitrogens with zero attached hydrogens (tertiary/aromatic N) is 2. The Bertz CT molecular complexity index is 1230. The third kappa shape index (κ3) is 4.80. The summed E-state index contributed by atoms with van der Waals surface area (Å²) in [4.78, 5) is 31.4. The highest BCUT2D eigenvalue weighted by Gasteiger charge is 2.14. The average Bonchev–Trinajstić information content (AvgIpc) is 3.25. The highest BCUT2D eigenvalue weighted by Crippen LogP contribution is 2.20. The number of aryl methyl sites for hydroxylation is 2. The molecule has 0 saturated carbocycles. The van der Waals surface area contributed by atoms with Gasteiger partial charge >= 0.3 is 0 Å². The molecule has 2 aromatic heterocycles. The summed E-state index contributed by atoms with van der Waals surface area (Å²) in [6, 6.07) is 19.1. The summed E-state index contributed by atoms with van der Waals surface area (Å²) in [6.07, 6.45) is 0.751. The summed E-state index contributed by atoms with van der Waals surface area (Å²) < 4.78 is 1.69. The van der Waals surface area contributed by atoms with Crippen LogP contribution in [0, 0.1) is 6.92 Å². The number of anilines is 1. The highest BCUT2D eigenvalue weighted by molar-refractivity contribution is 7.99. The molecule has 1 N–H and O–H groups in total. The van der Waals surface area contributed by atoms with Gasteiger partial charge in [0.2, 0.25) is 5.91 Å². The highest BCUT2D eigenvalue weighted by atomic mass is 32.2. The molecule has 0 saturated heterocycles. The molecule has 7 heteroatoms. The van der Waals surface area contributed by atoms with Crippen molar-refractivity contribution in [2.75, 3.05) is 11.1 Å². The maximum absolute atomic E-state index is 13.1. The topological polar surface area (TPSA) is 64.0 Å². The molecule has 152 valence electrons. The van der Waals surface area contributed by atoms with Gasteiger partial charge in [0.15, 0.2) is 5.16 Å². The van der Waals surface area contributed by atoms with Crippen LogP contribution in [0.5, 0.6) is 0 Å². The third-order valence-corrected chi connectivity index (χ3v) is 6.54. The van der Waals surface area contributed by atoms with Crippen LogP contribution in [0.1, 0.15) is 10.4 Å². The molecule has 0 bridgehead atoms. The normalized spacial score (nSPS) is 11.0. The van der Waals surface area contributed by atoms with Crippen molar-refractivity contribution < 1.29 is 4.79 Å². The number of para-hydroxylation sites is 1. The van der Waals surface area contributed by atoms with Gasteiger partial charge in [-0.25, -0.2) is 4.98 Å². The van der Waals surface area contributed by atoms with Crippen molar-refractivity contribution in [3.05, 3.63) is 86.8 Å². The van der Waals surface area contributed by atoms with Gasteiger partial charge in [-0.3, -0.25) is 14.2 Å². The van der Waals surface area contributed by atoms with E-state index in [0.29, 0.717) is 22.6 Å². The van der Waals surface area contributed by atoms with E-state index in [0.717, 1.165) is 17.7 Å². The van der Waals surface area contributed by atoms with Crippen molar-refractivity contribution in [2.45, 2.75) is 25.0 Å². The molecule has 30 heavy (non-hydrogen) atoms. The predicted molar refractivity (Wildman–Crippen MR) is 125 cm³/mol. The first-order chi connectivity index (χ1) is 14.6. The van der Waals surface area contributed by atoms with Gasteiger partial charge in [0, 0.05) is 17.1 Å². The number of aromatic nitrogens is 2. The van der Waals surface area contributed by atoms with E-state index in [4.69, 9.17) is 0 Å². The standard InChI is InChI=1S/C23H21N3O2S2/c1-16-6-4-7-17(14-16)24-21(27)15-30-23-25-20-10-3-2-9-19(20)22(28)26(23)12-11-18-8-5-13-29-18/h2-10,13-14H,11-12,15H2,1H3,(H,24,27). The van der Waals surface area contributed by atoms with E-state index >= 15 is 0 Å². The smallest absolute Gasteiger partial charge is 0.262 e. The Morgan fingerprint density at radius 3 is 2.80 bits per heavy atom. The van der Waals surface area contributed by atoms with E-state index in [1.54, 1.807) is 22.0 Å². The Kier molecular flexibility index (Phi) is 6.30. The molecule has 0 aliphatic heterocycles. The summed E-state index contributed by atoms with van der Waals surface area (Å²) in [5.74, 6) is 0.0513. The predicted octanol–water partition coefficient (Wildman–Crippen LogP) is 4.74. The number of nitrogens with one attached hydrogen (secondary N) is 1. The molecule has 0 spiro atoms. The van der Waals surface area contributed by atoms with Crippen LogP contribution < -0.4 is 10.9 Å². The van der Waals surface area contributed by atoms with Crippen molar-refractivity contribution in [2.24, 2.45) is 0 Å². The lowest BCUT2D eigenvalue weighted by Crippen LogP contribution is -2.25. The molecule has 0 aliphatic rings. The van der Waals surface area contributed by atoms with Crippen molar-refractivity contribution in [1.82, 2.24) is 9.55 Å². The van der Waals surface area contributed by atoms with Gasteiger partial charge in [0.1, 0.15) is 0 Å². The molecule has 1 amide bonds. The molecule has 0 atom stereocenters. The number of hydrogen-bond acceptors (Lipinski definition) is 5. The summed E-state index contributed by atoms with van der Waals surface area (Å²) in [5.41, 5.74) is 2.43. The summed E-state index contributed by atoms with van der Waals surface area (Å²) in [7, 11) is 0. The molecule has 0 aliphatic carbocycles. The largest absolute Gasteiger partial charge is 0.325 e. The Labute approximate surface area is 182 Å². The maximum atomic E-state index is 13.1. The SMILES string of the molecule is Cc1cccc(NC(=O)CSc2nc3ccccc3c(=O)n2CCc2cccs2)c1. The minimum Gasteiger partial charge on any atom is -0.325 e. The number of hydrogen-bond donors (Lipinski definition) is 1. The summed E-state index contributed by atoms with van der Waals surface area (Å²) >= 11 is 2.96. The Balaban J connectivity index is 1.55. The lowest BCUT2D eigenvalue weighted by Gasteiger charge is -2.13. The van der Waals surface area contributed by atoms with Gasteiger partial charge in [0.05, 0.1) is 16.7 Å². The van der Waals surface area contributed by atoms with Crippen LogP contribution in [-0.4, -0.2) is 21.2 Å². The van der Waals surface area contributed by atoms with Gasteiger partial charge in [0.25, 0.3) is 5.56 Å². The van der Waals surface area contributed by atoms with Crippen molar-refractivity contribution in [3.63, 3.8) is 0 Å². The van der Waals surface area contributed by atoms with Gasteiger partial charge in [-0.2, -0.15) is 0 Å². The minimum atomic E-state index is -0.127. The van der Waals surface area contributed by atoms with Crippen molar-refractivity contribution >= 4 is 45.6 Å². The molecular weight excluding hydrogens is 414 g/mol. The number of carbonyl (C=O) groups excluding carboxylic acids is 1. The van der Waals surface area contributed by atoms with Crippen LogP contribution in [0.3, 0.4) is 0 Å². The zero-order chi connectivity index (χ0) is 20.9. The van der Waals surface area contributed by atoms with Gasteiger partial charge in [-0.1, -0.05) is 42.1 Å². The van der Waals surface area contributed by atoms with E-state index in [2.05, 4.69) is 16.4 Å². The molecular formula is C23H21N3O2S2. The molecule has 0 unspecified atom stereocenters. The monoisotopic (exact) mass is 435 g/mol. The van der Waals surface area contributed by atoms with Crippen LogP contribution in [0.15, 0.2) is 76.0 Å². The molecule has 5 nitrogen and oxygen atoms in total. The summed E-state index contributed by atoms with van der Waals surface area (Å²) in [5, 5.41) is 6.09. The van der Waals surface area contributed by atoms with Crippen molar-refractivity contribution in [1.29, 1.82) is 0 Å². The third-order valence-electron chi connectivity index (χ3n) is 4.62. The number of carbonyl (C=O) groups is 1. The second kappa shape index (κ2) is 9.28. The first-order valence-corrected chi connectivity index (χ1v) is 11.5. The van der Waals surface area contributed by atoms with Crippen molar-refractivity contribution in [3.8, 4) is 0 Å². The fraction of sp³-hybridized carbons (Fsp3) is 0.174. The second-order valence-corrected chi connectivity index (χ2v) is 8.88. The van der Waals surface area contributed by atoms with Crippen LogP contribution in [0.2, 0.25) is 0 Å². The van der Waals surface area contributed by atoms with Crippen LogP contribution >= 0.6 is 23.1 Å². The molecule has 2 heterocycles. The quantitative estimate of drug-likeness (QED) is 0.336. The zero-order valence-electron chi connectivity index (χ0n) is 16.5. The maximum Gasteiger partial charge on any atom is 0.262 e. The Hall–Kier alpha value is -2.90. The zero-order valence-corrected chi connectivity index (χ0v) is 18.1. The molecule has 4 rings (SSSR count). The van der Waals surface area contributed by atoms with E-state index in [-0.39, 0.29) is 17.2 Å². The number of thioether (sulfide) groups is 1. The lowest BCUT2D eigenvalue weighted by atomic mass is 10.2. The second-order valence-electron chi connectivity index (χ2n) is 6.90. The molecule has 0 radical (unpaired) electrons. The number of fused-ring (bicyclic) bond motifs is 1. The van der Waals surface area contributed by atoms with E-state index in [1.165, 1.54) is 16.6 Å². The fourth-order valence-corrected chi connectivity index (χ4v) is 4.71. The average molecular weight is 436 g/mol. The van der Waals surface area contributed by atoms with Crippen LogP contribution in [-0.2, 0) is 17.8 Å². The molecule has 2 aromatic carbocycles. The molecule has 4 aromatic rings. The van der Waals surface area contributed by atoms with E-state index < -0.39 is 0 Å². The van der Waals surface area contributed by atoms with E-state index in [9.17, 15) is 9.59 Å². The Morgan fingerprint density at radius 1 is 1.13 bits per heavy atom. The Morgan fingerprint density at radius 2 is 2.00 bits per heavy atom. The first-order valence-electron chi connectivity index (χ1n) is 9.61. The number of benzene rings is 2. The number of amides is 1. The number of rotatable bonds is 7.